The number of ether oxygens (including phenoxy) is 5. The Bertz CT molecular complexity index is 1070. The van der Waals surface area contributed by atoms with Crippen molar-refractivity contribution in [1.82, 2.24) is 9.55 Å². The van der Waals surface area contributed by atoms with E-state index >= 15 is 0 Å². The highest BCUT2D eigenvalue weighted by molar-refractivity contribution is 5.70. The van der Waals surface area contributed by atoms with Crippen molar-refractivity contribution < 1.29 is 42.9 Å². The Morgan fingerprint density at radius 3 is 1.51 bits per heavy atom. The Morgan fingerprint density at radius 1 is 0.509 bits per heavy atom. The zero-order chi connectivity index (χ0) is 41.4. The maximum absolute atomic E-state index is 12.7. The van der Waals surface area contributed by atoms with Gasteiger partial charge in [0.1, 0.15) is 6.10 Å². The van der Waals surface area contributed by atoms with Crippen molar-refractivity contribution in [3.8, 4) is 0 Å². The van der Waals surface area contributed by atoms with Crippen molar-refractivity contribution in [3.63, 3.8) is 0 Å². The molecule has 57 heavy (non-hydrogen) atoms. The van der Waals surface area contributed by atoms with Crippen LogP contribution in [0.3, 0.4) is 0 Å². The van der Waals surface area contributed by atoms with E-state index in [-0.39, 0.29) is 62.8 Å². The molecule has 0 aromatic carbocycles. The number of unbranched alkanes of at least 4 members (excludes halogenated alkanes) is 18. The molecule has 0 fully saturated rings. The SMILES string of the molecule is CCCCCCCCCCCCC(CCOC(=O)CCCCC(COC(=O)CCCCCCC)COC(=O)CCCCCCC)OC(=O)OCCCn1ccnc1. The van der Waals surface area contributed by atoms with Crippen LogP contribution in [0.2, 0.25) is 0 Å². The third kappa shape index (κ3) is 33.6. The van der Waals surface area contributed by atoms with E-state index in [1.54, 1.807) is 12.5 Å². The summed E-state index contributed by atoms with van der Waals surface area (Å²) in [6.45, 7) is 8.09. The van der Waals surface area contributed by atoms with Crippen LogP contribution < -0.4 is 0 Å². The molecule has 0 bridgehead atoms. The van der Waals surface area contributed by atoms with Gasteiger partial charge in [-0.25, -0.2) is 9.78 Å². The van der Waals surface area contributed by atoms with Gasteiger partial charge in [0.05, 0.1) is 32.8 Å². The molecule has 11 nitrogen and oxygen atoms in total. The first-order valence-corrected chi connectivity index (χ1v) is 23.1. The lowest BCUT2D eigenvalue weighted by atomic mass is 10.0. The van der Waals surface area contributed by atoms with Crippen LogP contribution in [0.1, 0.15) is 207 Å². The van der Waals surface area contributed by atoms with Crippen molar-refractivity contribution in [1.29, 1.82) is 0 Å². The van der Waals surface area contributed by atoms with Crippen LogP contribution in [0, 0.1) is 5.92 Å². The minimum Gasteiger partial charge on any atom is -0.466 e. The van der Waals surface area contributed by atoms with Crippen LogP contribution in [0.15, 0.2) is 18.7 Å². The molecule has 0 saturated heterocycles. The zero-order valence-corrected chi connectivity index (χ0v) is 36.5. The maximum atomic E-state index is 12.7. The number of carbonyl (C=O) groups excluding carboxylic acids is 4. The van der Waals surface area contributed by atoms with E-state index in [1.165, 1.54) is 57.8 Å². The zero-order valence-electron chi connectivity index (χ0n) is 36.5. The van der Waals surface area contributed by atoms with Crippen LogP contribution in [0.25, 0.3) is 0 Å². The van der Waals surface area contributed by atoms with E-state index in [4.69, 9.17) is 23.7 Å². The lowest BCUT2D eigenvalue weighted by molar-refractivity contribution is -0.149. The Morgan fingerprint density at radius 2 is 0.982 bits per heavy atom. The van der Waals surface area contributed by atoms with E-state index in [9.17, 15) is 19.2 Å². The highest BCUT2D eigenvalue weighted by Crippen LogP contribution is 2.17. The van der Waals surface area contributed by atoms with Gasteiger partial charge >= 0.3 is 24.1 Å². The highest BCUT2D eigenvalue weighted by Gasteiger charge is 2.18. The molecule has 0 N–H and O–H groups in total. The smallest absolute Gasteiger partial charge is 0.466 e. The molecule has 0 saturated carbocycles. The molecule has 0 spiro atoms. The summed E-state index contributed by atoms with van der Waals surface area (Å²) in [5.74, 6) is -0.841. The van der Waals surface area contributed by atoms with Crippen LogP contribution in [-0.2, 0) is 44.6 Å². The summed E-state index contributed by atoms with van der Waals surface area (Å²) < 4.78 is 29.7. The molecule has 1 heterocycles. The number of carbonyl (C=O) groups is 4. The van der Waals surface area contributed by atoms with Gasteiger partial charge in [-0.2, -0.15) is 0 Å². The fourth-order valence-corrected chi connectivity index (χ4v) is 6.72. The molecule has 330 valence electrons. The number of imidazole rings is 1. The summed E-state index contributed by atoms with van der Waals surface area (Å²) in [5, 5.41) is 0. The standard InChI is InChI=1S/C46H82N2O9/c1-4-7-10-13-14-15-16-17-20-21-28-42(57-46(52)54-36-26-34-48-35-33-47-40-48)32-37-53-43(49)31-25-24-27-41(38-55-44(50)29-22-18-11-8-5-2)39-56-45(51)30-23-19-12-9-6-3/h33,35,40-42H,4-32,34,36-39H2,1-3H3. The Hall–Kier alpha value is -3.11. The molecule has 0 aliphatic heterocycles. The number of rotatable bonds is 40. The second-order valence-electron chi connectivity index (χ2n) is 15.8. The fraction of sp³-hybridized carbons (Fsp3) is 0.848. The van der Waals surface area contributed by atoms with E-state index in [0.29, 0.717) is 57.9 Å². The number of esters is 3. The summed E-state index contributed by atoms with van der Waals surface area (Å²) in [5.41, 5.74) is 0. The summed E-state index contributed by atoms with van der Waals surface area (Å²) in [7, 11) is 0. The molecule has 1 aromatic rings. The lowest BCUT2D eigenvalue weighted by Crippen LogP contribution is -2.22. The predicted molar refractivity (Wildman–Crippen MR) is 226 cm³/mol. The summed E-state index contributed by atoms with van der Waals surface area (Å²) in [6.07, 6.45) is 31.9. The molecule has 0 amide bonds. The minimum absolute atomic E-state index is 0.122. The van der Waals surface area contributed by atoms with Gasteiger partial charge in [0.25, 0.3) is 0 Å². The molecule has 0 aliphatic rings. The molecule has 1 aromatic heterocycles. The lowest BCUT2D eigenvalue weighted by Gasteiger charge is -2.18. The normalized spacial score (nSPS) is 11.7. The van der Waals surface area contributed by atoms with Gasteiger partial charge in [-0.15, -0.1) is 0 Å². The summed E-state index contributed by atoms with van der Waals surface area (Å²) >= 11 is 0. The Labute approximate surface area is 346 Å². The molecule has 1 atom stereocenters. The van der Waals surface area contributed by atoms with Crippen LogP contribution in [0.5, 0.6) is 0 Å². The molecule has 1 unspecified atom stereocenters. The topological polar surface area (TPSA) is 132 Å². The molecule has 0 radical (unpaired) electrons. The van der Waals surface area contributed by atoms with E-state index in [1.807, 2.05) is 10.8 Å². The quantitative estimate of drug-likeness (QED) is 0.0358. The largest absolute Gasteiger partial charge is 0.508 e. The van der Waals surface area contributed by atoms with E-state index in [2.05, 4.69) is 25.8 Å². The van der Waals surface area contributed by atoms with Gasteiger partial charge < -0.3 is 28.3 Å². The maximum Gasteiger partial charge on any atom is 0.508 e. The number of hydrogen-bond donors (Lipinski definition) is 0. The molecule has 0 aliphatic carbocycles. The van der Waals surface area contributed by atoms with Crippen LogP contribution in [0.4, 0.5) is 4.79 Å². The molecule has 1 rings (SSSR count). The average Bonchev–Trinajstić information content (AvgIpc) is 3.73. The Balaban J connectivity index is 2.48. The van der Waals surface area contributed by atoms with Gasteiger partial charge in [-0.3, -0.25) is 14.4 Å². The van der Waals surface area contributed by atoms with E-state index in [0.717, 1.165) is 70.6 Å². The minimum atomic E-state index is -0.686. The third-order valence-corrected chi connectivity index (χ3v) is 10.4. The van der Waals surface area contributed by atoms with E-state index < -0.39 is 6.16 Å². The predicted octanol–water partition coefficient (Wildman–Crippen LogP) is 12.0. The summed E-state index contributed by atoms with van der Waals surface area (Å²) in [4.78, 5) is 54.0. The average molecular weight is 807 g/mol. The van der Waals surface area contributed by atoms with Gasteiger partial charge in [0, 0.05) is 50.5 Å². The number of aromatic nitrogens is 2. The van der Waals surface area contributed by atoms with Gasteiger partial charge in [-0.05, 0) is 44.9 Å². The number of aryl methyl sites for hydroxylation is 1. The van der Waals surface area contributed by atoms with Crippen LogP contribution >= 0.6 is 0 Å². The van der Waals surface area contributed by atoms with Gasteiger partial charge in [-0.1, -0.05) is 136 Å². The van der Waals surface area contributed by atoms with Crippen molar-refractivity contribution in [3.05, 3.63) is 18.7 Å². The second-order valence-corrected chi connectivity index (χ2v) is 15.8. The monoisotopic (exact) mass is 807 g/mol. The molecular formula is C46H82N2O9. The van der Waals surface area contributed by atoms with Crippen molar-refractivity contribution in [2.24, 2.45) is 5.92 Å². The first-order valence-electron chi connectivity index (χ1n) is 23.1. The third-order valence-electron chi connectivity index (χ3n) is 10.4. The van der Waals surface area contributed by atoms with Gasteiger partial charge in [0.2, 0.25) is 0 Å². The van der Waals surface area contributed by atoms with Crippen LogP contribution in [-0.4, -0.2) is 66.1 Å². The second kappa shape index (κ2) is 38.4. The van der Waals surface area contributed by atoms with Gasteiger partial charge in [0.15, 0.2) is 0 Å². The first-order chi connectivity index (χ1) is 27.9. The molecular weight excluding hydrogens is 725 g/mol. The van der Waals surface area contributed by atoms with Crippen molar-refractivity contribution in [2.45, 2.75) is 220 Å². The summed E-state index contributed by atoms with van der Waals surface area (Å²) in [6, 6.07) is 0. The first kappa shape index (κ1) is 51.9. The number of nitrogens with zero attached hydrogens (tertiary/aromatic N) is 2. The van der Waals surface area contributed by atoms with Crippen molar-refractivity contribution >= 4 is 24.1 Å². The highest BCUT2D eigenvalue weighted by atomic mass is 16.7. The Kier molecular flexibility index (Phi) is 35.0. The molecule has 11 heteroatoms. The van der Waals surface area contributed by atoms with Crippen molar-refractivity contribution in [2.75, 3.05) is 26.4 Å². The fourth-order valence-electron chi connectivity index (χ4n) is 6.72. The number of hydrogen-bond acceptors (Lipinski definition) is 10.